The number of nitrogens with one attached hydrogen (secondary N) is 1. The van der Waals surface area contributed by atoms with Crippen LogP contribution in [0, 0.1) is 5.82 Å². The van der Waals surface area contributed by atoms with Crippen molar-refractivity contribution in [2.24, 2.45) is 0 Å². The van der Waals surface area contributed by atoms with Gasteiger partial charge in [-0.1, -0.05) is 11.6 Å². The molecule has 0 unspecified atom stereocenters. The van der Waals surface area contributed by atoms with E-state index in [1.54, 1.807) is 7.05 Å². The second kappa shape index (κ2) is 4.39. The Hall–Kier alpha value is -1.13. The minimum absolute atomic E-state index is 0.0258. The van der Waals surface area contributed by atoms with Crippen molar-refractivity contribution in [1.29, 1.82) is 0 Å². The molecule has 1 aromatic rings. The minimum Gasteiger partial charge on any atom is -0.506 e. The Morgan fingerprint density at radius 2 is 2.29 bits per heavy atom. The molecule has 0 aromatic heterocycles. The Labute approximate surface area is 85.5 Å². The van der Waals surface area contributed by atoms with Crippen molar-refractivity contribution >= 4 is 17.4 Å². The van der Waals surface area contributed by atoms with E-state index in [0.717, 1.165) is 0 Å². The molecule has 0 amide bonds. The standard InChI is InChI=1S/C9H9ClFNO2/c1-12-4-7(14)5-2-3-6(13)8(10)9(5)11/h2-3,12-13H,4H2,1H3. The molecule has 3 nitrogen and oxygen atoms in total. The van der Waals surface area contributed by atoms with Gasteiger partial charge in [-0.2, -0.15) is 0 Å². The molecule has 0 saturated carbocycles. The third kappa shape index (κ3) is 2.02. The van der Waals surface area contributed by atoms with Crippen LogP contribution in [0.3, 0.4) is 0 Å². The smallest absolute Gasteiger partial charge is 0.179 e. The molecular formula is C9H9ClFNO2. The minimum atomic E-state index is -0.882. The summed E-state index contributed by atoms with van der Waals surface area (Å²) in [5.74, 6) is -1.66. The van der Waals surface area contributed by atoms with Gasteiger partial charge in [0.15, 0.2) is 11.6 Å². The predicted molar refractivity (Wildman–Crippen MR) is 51.3 cm³/mol. The van der Waals surface area contributed by atoms with Crippen LogP contribution in [0.15, 0.2) is 12.1 Å². The Morgan fingerprint density at radius 3 is 2.86 bits per heavy atom. The third-order valence-electron chi connectivity index (χ3n) is 1.70. The first-order valence-corrected chi connectivity index (χ1v) is 4.30. The average molecular weight is 218 g/mol. The lowest BCUT2D eigenvalue weighted by molar-refractivity contribution is 0.0989. The summed E-state index contributed by atoms with van der Waals surface area (Å²) in [6.45, 7) is 0.0258. The molecule has 0 aliphatic carbocycles. The van der Waals surface area contributed by atoms with E-state index in [4.69, 9.17) is 16.7 Å². The van der Waals surface area contributed by atoms with Crippen LogP contribution in [0.1, 0.15) is 10.4 Å². The molecule has 0 fully saturated rings. The molecule has 0 radical (unpaired) electrons. The molecule has 0 spiro atoms. The summed E-state index contributed by atoms with van der Waals surface area (Å²) in [5, 5.41) is 11.2. The van der Waals surface area contributed by atoms with E-state index >= 15 is 0 Å². The van der Waals surface area contributed by atoms with Crippen LogP contribution in [0.4, 0.5) is 4.39 Å². The summed E-state index contributed by atoms with van der Waals surface area (Å²) in [5.41, 5.74) is -0.123. The van der Waals surface area contributed by atoms with Gasteiger partial charge in [0.2, 0.25) is 0 Å². The number of phenolic OH excluding ortho intramolecular Hbond substituents is 1. The van der Waals surface area contributed by atoms with Crippen LogP contribution in [0.25, 0.3) is 0 Å². The number of ketones is 1. The lowest BCUT2D eigenvalue weighted by atomic mass is 10.1. The number of Topliss-reactive ketones (excluding diaryl/α,β-unsaturated/α-hetero) is 1. The van der Waals surface area contributed by atoms with E-state index in [0.29, 0.717) is 0 Å². The zero-order chi connectivity index (χ0) is 10.7. The third-order valence-corrected chi connectivity index (χ3v) is 2.06. The lowest BCUT2D eigenvalue weighted by Gasteiger charge is -2.04. The average Bonchev–Trinajstić information content (AvgIpc) is 2.15. The number of benzene rings is 1. The van der Waals surface area contributed by atoms with Crippen molar-refractivity contribution in [3.8, 4) is 5.75 Å². The van der Waals surface area contributed by atoms with Gasteiger partial charge in [0.1, 0.15) is 10.8 Å². The van der Waals surface area contributed by atoms with Gasteiger partial charge < -0.3 is 10.4 Å². The molecule has 1 aromatic carbocycles. The SMILES string of the molecule is CNCC(=O)c1ccc(O)c(Cl)c1F. The molecule has 1 rings (SSSR count). The maximum atomic E-state index is 13.3. The molecule has 0 aliphatic heterocycles. The van der Waals surface area contributed by atoms with Gasteiger partial charge in [-0.25, -0.2) is 4.39 Å². The Bertz CT molecular complexity index is 368. The van der Waals surface area contributed by atoms with Gasteiger partial charge in [0, 0.05) is 0 Å². The number of aromatic hydroxyl groups is 1. The van der Waals surface area contributed by atoms with Gasteiger partial charge >= 0.3 is 0 Å². The number of carbonyl (C=O) groups excluding carboxylic acids is 1. The van der Waals surface area contributed by atoms with Crippen LogP contribution in [-0.2, 0) is 0 Å². The second-order valence-corrected chi connectivity index (χ2v) is 3.09. The number of carbonyl (C=O) groups is 1. The number of hydrogen-bond acceptors (Lipinski definition) is 3. The molecule has 0 saturated heterocycles. The fourth-order valence-electron chi connectivity index (χ4n) is 1.01. The fraction of sp³-hybridized carbons (Fsp3) is 0.222. The van der Waals surface area contributed by atoms with Gasteiger partial charge in [0.05, 0.1) is 12.1 Å². The fourth-order valence-corrected chi connectivity index (χ4v) is 1.18. The number of halogens is 2. The highest BCUT2D eigenvalue weighted by molar-refractivity contribution is 6.32. The van der Waals surface area contributed by atoms with Crippen LogP contribution in [0.5, 0.6) is 5.75 Å². The van der Waals surface area contributed by atoms with Crippen molar-refractivity contribution in [1.82, 2.24) is 5.32 Å². The summed E-state index contributed by atoms with van der Waals surface area (Å²) in [6, 6.07) is 2.39. The Morgan fingerprint density at radius 1 is 1.64 bits per heavy atom. The van der Waals surface area contributed by atoms with Crippen molar-refractivity contribution < 1.29 is 14.3 Å². The van der Waals surface area contributed by atoms with Gasteiger partial charge in [0.25, 0.3) is 0 Å². The molecule has 0 aliphatic rings. The van der Waals surface area contributed by atoms with Crippen LogP contribution >= 0.6 is 11.6 Å². The van der Waals surface area contributed by atoms with Crippen LogP contribution in [-0.4, -0.2) is 24.5 Å². The molecular weight excluding hydrogens is 209 g/mol. The predicted octanol–water partition coefficient (Wildman–Crippen LogP) is 1.59. The maximum absolute atomic E-state index is 13.3. The maximum Gasteiger partial charge on any atom is 0.179 e. The molecule has 76 valence electrons. The monoisotopic (exact) mass is 217 g/mol. The van der Waals surface area contributed by atoms with E-state index in [1.807, 2.05) is 0 Å². The first-order chi connectivity index (χ1) is 6.57. The summed E-state index contributed by atoms with van der Waals surface area (Å²) < 4.78 is 13.3. The van der Waals surface area contributed by atoms with E-state index in [2.05, 4.69) is 5.32 Å². The highest BCUT2D eigenvalue weighted by atomic mass is 35.5. The van der Waals surface area contributed by atoms with Crippen LogP contribution in [0.2, 0.25) is 5.02 Å². The number of likely N-dealkylation sites (N-methyl/N-ethyl adjacent to an activating group) is 1. The molecule has 14 heavy (non-hydrogen) atoms. The van der Waals surface area contributed by atoms with E-state index < -0.39 is 16.6 Å². The molecule has 0 bridgehead atoms. The van der Waals surface area contributed by atoms with Crippen LogP contribution < -0.4 is 5.32 Å². The van der Waals surface area contributed by atoms with Gasteiger partial charge in [-0.3, -0.25) is 4.79 Å². The summed E-state index contributed by atoms with van der Waals surface area (Å²) in [6.07, 6.45) is 0. The molecule has 2 N–H and O–H groups in total. The molecule has 0 atom stereocenters. The number of hydrogen-bond donors (Lipinski definition) is 2. The summed E-state index contributed by atoms with van der Waals surface area (Å²) in [7, 11) is 1.58. The second-order valence-electron chi connectivity index (χ2n) is 2.71. The summed E-state index contributed by atoms with van der Waals surface area (Å²) in [4.78, 5) is 11.3. The normalized spacial score (nSPS) is 10.2. The van der Waals surface area contributed by atoms with Crippen molar-refractivity contribution in [2.75, 3.05) is 13.6 Å². The zero-order valence-electron chi connectivity index (χ0n) is 7.47. The Balaban J connectivity index is 3.11. The lowest BCUT2D eigenvalue weighted by Crippen LogP contribution is -2.19. The van der Waals surface area contributed by atoms with Crippen molar-refractivity contribution in [3.05, 3.63) is 28.5 Å². The van der Waals surface area contributed by atoms with Gasteiger partial charge in [-0.15, -0.1) is 0 Å². The highest BCUT2D eigenvalue weighted by Gasteiger charge is 2.15. The largest absolute Gasteiger partial charge is 0.506 e. The zero-order valence-corrected chi connectivity index (χ0v) is 8.23. The first kappa shape index (κ1) is 10.9. The highest BCUT2D eigenvalue weighted by Crippen LogP contribution is 2.28. The summed E-state index contributed by atoms with van der Waals surface area (Å²) >= 11 is 5.43. The number of phenols is 1. The molecule has 0 heterocycles. The quantitative estimate of drug-likeness (QED) is 0.756. The number of rotatable bonds is 3. The van der Waals surface area contributed by atoms with Crippen molar-refractivity contribution in [2.45, 2.75) is 0 Å². The Kier molecular flexibility index (Phi) is 3.43. The topological polar surface area (TPSA) is 49.3 Å². The van der Waals surface area contributed by atoms with E-state index in [-0.39, 0.29) is 17.9 Å². The molecule has 5 heteroatoms. The van der Waals surface area contributed by atoms with Gasteiger partial charge in [-0.05, 0) is 19.2 Å². The van der Waals surface area contributed by atoms with Crippen molar-refractivity contribution in [3.63, 3.8) is 0 Å². The first-order valence-electron chi connectivity index (χ1n) is 3.92. The van der Waals surface area contributed by atoms with E-state index in [1.165, 1.54) is 12.1 Å². The van der Waals surface area contributed by atoms with E-state index in [9.17, 15) is 9.18 Å².